The predicted molar refractivity (Wildman–Crippen MR) is 106 cm³/mol. The molecule has 0 unspecified atom stereocenters. The van der Waals surface area contributed by atoms with E-state index in [0.717, 1.165) is 45.4 Å². The number of benzene rings is 2. The van der Waals surface area contributed by atoms with Crippen LogP contribution in [0.5, 0.6) is 0 Å². The summed E-state index contributed by atoms with van der Waals surface area (Å²) in [5.74, 6) is 0.604. The Bertz CT molecular complexity index is 831. The van der Waals surface area contributed by atoms with Gasteiger partial charge in [0.05, 0.1) is 11.5 Å². The van der Waals surface area contributed by atoms with Crippen molar-refractivity contribution in [3.8, 4) is 0 Å². The van der Waals surface area contributed by atoms with E-state index >= 15 is 0 Å². The van der Waals surface area contributed by atoms with Gasteiger partial charge in [-0.05, 0) is 54.5 Å². The average Bonchev–Trinajstić information content (AvgIpc) is 3.11. The molecule has 2 heterocycles. The Morgan fingerprint density at radius 3 is 2.59 bits per heavy atom. The highest BCUT2D eigenvalue weighted by Gasteiger charge is 2.27. The van der Waals surface area contributed by atoms with Crippen molar-refractivity contribution >= 4 is 17.1 Å². The molecule has 0 radical (unpaired) electrons. The minimum atomic E-state index is -0.330. The van der Waals surface area contributed by atoms with E-state index < -0.39 is 0 Å². The van der Waals surface area contributed by atoms with Crippen LogP contribution in [0.3, 0.4) is 0 Å². The predicted octanol–water partition coefficient (Wildman–Crippen LogP) is 3.37. The fourth-order valence-electron chi connectivity index (χ4n) is 4.34. The molecule has 1 fully saturated rings. The highest BCUT2D eigenvalue weighted by molar-refractivity contribution is 5.65. The molecule has 6 nitrogen and oxygen atoms in total. The molecule has 0 aliphatic carbocycles. The van der Waals surface area contributed by atoms with Gasteiger partial charge in [-0.2, -0.15) is 0 Å². The third-order valence-electron chi connectivity index (χ3n) is 5.84. The Morgan fingerprint density at radius 2 is 1.85 bits per heavy atom. The number of nitro benzene ring substituents is 1. The van der Waals surface area contributed by atoms with Gasteiger partial charge in [-0.25, -0.2) is 0 Å². The van der Waals surface area contributed by atoms with Gasteiger partial charge in [0.15, 0.2) is 0 Å². The highest BCUT2D eigenvalue weighted by atomic mass is 16.6. The molecule has 142 valence electrons. The number of para-hydroxylation sites is 1. The van der Waals surface area contributed by atoms with Gasteiger partial charge in [0.1, 0.15) is 5.69 Å². The molecule has 2 aromatic carbocycles. The Kier molecular flexibility index (Phi) is 4.99. The van der Waals surface area contributed by atoms with Gasteiger partial charge in [-0.3, -0.25) is 10.1 Å². The van der Waals surface area contributed by atoms with E-state index in [0.29, 0.717) is 17.2 Å². The molecule has 0 bridgehead atoms. The van der Waals surface area contributed by atoms with Gasteiger partial charge in [-0.15, -0.1) is 0 Å². The summed E-state index contributed by atoms with van der Waals surface area (Å²) >= 11 is 0. The van der Waals surface area contributed by atoms with Crippen molar-refractivity contribution in [2.75, 3.05) is 36.0 Å². The number of hydrogen-bond donors (Lipinski definition) is 1. The van der Waals surface area contributed by atoms with Gasteiger partial charge in [0.25, 0.3) is 5.69 Å². The molecular formula is C21H25N3O3. The number of nitrogens with zero attached hydrogens (tertiary/aromatic N) is 3. The van der Waals surface area contributed by atoms with Crippen molar-refractivity contribution in [3.63, 3.8) is 0 Å². The first-order chi connectivity index (χ1) is 13.2. The molecule has 1 N–H and O–H groups in total. The second kappa shape index (κ2) is 7.56. The maximum atomic E-state index is 11.4. The summed E-state index contributed by atoms with van der Waals surface area (Å²) in [4.78, 5) is 15.6. The van der Waals surface area contributed by atoms with Crippen LogP contribution in [0.25, 0.3) is 0 Å². The first-order valence-corrected chi connectivity index (χ1v) is 9.61. The van der Waals surface area contributed by atoms with Crippen LogP contribution in [0.4, 0.5) is 17.1 Å². The number of nitro groups is 1. The summed E-state index contributed by atoms with van der Waals surface area (Å²) in [7, 11) is 0. The number of aliphatic hydroxyl groups is 1. The number of hydrogen-bond acceptors (Lipinski definition) is 5. The normalized spacial score (nSPS) is 17.2. The largest absolute Gasteiger partial charge is 0.392 e. The van der Waals surface area contributed by atoms with Crippen molar-refractivity contribution in [3.05, 3.63) is 63.7 Å². The number of rotatable bonds is 5. The molecule has 2 aromatic rings. The fraction of sp³-hybridized carbons (Fsp3) is 0.429. The molecule has 2 aliphatic heterocycles. The fourth-order valence-corrected chi connectivity index (χ4v) is 4.34. The lowest BCUT2D eigenvalue weighted by molar-refractivity contribution is -0.384. The quantitative estimate of drug-likeness (QED) is 0.648. The molecule has 27 heavy (non-hydrogen) atoms. The van der Waals surface area contributed by atoms with Crippen molar-refractivity contribution in [2.24, 2.45) is 5.92 Å². The lowest BCUT2D eigenvalue weighted by atomic mass is 9.95. The first kappa shape index (κ1) is 17.8. The monoisotopic (exact) mass is 367 g/mol. The third-order valence-corrected chi connectivity index (χ3v) is 5.84. The summed E-state index contributed by atoms with van der Waals surface area (Å²) in [6, 6.07) is 13.5. The van der Waals surface area contributed by atoms with Crippen molar-refractivity contribution < 1.29 is 10.0 Å². The summed E-state index contributed by atoms with van der Waals surface area (Å²) in [6.07, 6.45) is 3.17. The second-order valence-corrected chi connectivity index (χ2v) is 7.49. The van der Waals surface area contributed by atoms with E-state index in [1.54, 1.807) is 12.1 Å². The van der Waals surface area contributed by atoms with E-state index in [-0.39, 0.29) is 17.2 Å². The van der Waals surface area contributed by atoms with E-state index in [1.807, 2.05) is 0 Å². The minimum Gasteiger partial charge on any atom is -0.392 e. The van der Waals surface area contributed by atoms with Crippen molar-refractivity contribution in [1.29, 1.82) is 0 Å². The molecule has 0 aromatic heterocycles. The molecule has 6 heteroatoms. The van der Waals surface area contributed by atoms with Crippen LogP contribution in [0.2, 0.25) is 0 Å². The molecule has 0 saturated carbocycles. The van der Waals surface area contributed by atoms with Gasteiger partial charge < -0.3 is 14.9 Å². The van der Waals surface area contributed by atoms with E-state index in [9.17, 15) is 15.2 Å². The van der Waals surface area contributed by atoms with Crippen LogP contribution >= 0.6 is 0 Å². The third kappa shape index (κ3) is 3.62. The average molecular weight is 367 g/mol. The highest BCUT2D eigenvalue weighted by Crippen LogP contribution is 2.34. The van der Waals surface area contributed by atoms with Crippen LogP contribution in [0, 0.1) is 16.0 Å². The standard InChI is InChI=1S/C21H25N3O3/c25-15-17-5-6-20(24(26)27)21(13-17)22-10-7-16(8-11-22)14-23-12-9-18-3-1-2-4-19(18)23/h1-6,13,16,25H,7-12,14-15H2. The second-order valence-electron chi connectivity index (χ2n) is 7.49. The van der Waals surface area contributed by atoms with E-state index in [4.69, 9.17) is 0 Å². The number of piperidine rings is 1. The Hall–Kier alpha value is -2.60. The zero-order valence-corrected chi connectivity index (χ0v) is 15.4. The van der Waals surface area contributed by atoms with Gasteiger partial charge in [0.2, 0.25) is 0 Å². The minimum absolute atomic E-state index is 0.101. The molecule has 4 rings (SSSR count). The van der Waals surface area contributed by atoms with Crippen LogP contribution < -0.4 is 9.80 Å². The molecular weight excluding hydrogens is 342 g/mol. The van der Waals surface area contributed by atoms with Crippen LogP contribution in [0.1, 0.15) is 24.0 Å². The molecule has 1 saturated heterocycles. The maximum Gasteiger partial charge on any atom is 0.292 e. The van der Waals surface area contributed by atoms with Crippen molar-refractivity contribution in [1.82, 2.24) is 0 Å². The maximum absolute atomic E-state index is 11.4. The lowest BCUT2D eigenvalue weighted by Crippen LogP contribution is -2.38. The first-order valence-electron chi connectivity index (χ1n) is 9.61. The van der Waals surface area contributed by atoms with Gasteiger partial charge in [-0.1, -0.05) is 18.2 Å². The van der Waals surface area contributed by atoms with Gasteiger partial charge in [0, 0.05) is 37.9 Å². The summed E-state index contributed by atoms with van der Waals surface area (Å²) in [5.41, 5.74) is 4.28. The van der Waals surface area contributed by atoms with Crippen LogP contribution in [-0.4, -0.2) is 36.2 Å². The molecule has 0 spiro atoms. The Balaban J connectivity index is 1.42. The number of fused-ring (bicyclic) bond motifs is 1. The van der Waals surface area contributed by atoms with Gasteiger partial charge >= 0.3 is 0 Å². The topological polar surface area (TPSA) is 69.8 Å². The summed E-state index contributed by atoms with van der Waals surface area (Å²) in [5, 5.41) is 20.8. The number of aliphatic hydroxyl groups excluding tert-OH is 1. The lowest BCUT2D eigenvalue weighted by Gasteiger charge is -2.35. The van der Waals surface area contributed by atoms with Crippen molar-refractivity contribution in [2.45, 2.75) is 25.9 Å². The van der Waals surface area contributed by atoms with E-state index in [1.165, 1.54) is 17.3 Å². The Morgan fingerprint density at radius 1 is 1.07 bits per heavy atom. The Labute approximate surface area is 159 Å². The zero-order valence-electron chi connectivity index (χ0n) is 15.4. The summed E-state index contributed by atoms with van der Waals surface area (Å²) in [6.45, 7) is 3.68. The molecule has 0 amide bonds. The summed E-state index contributed by atoms with van der Waals surface area (Å²) < 4.78 is 0. The molecule has 2 aliphatic rings. The SMILES string of the molecule is O=[N+]([O-])c1ccc(CO)cc1N1CCC(CN2CCc3ccccc32)CC1. The smallest absolute Gasteiger partial charge is 0.292 e. The van der Waals surface area contributed by atoms with Crippen LogP contribution in [0.15, 0.2) is 42.5 Å². The van der Waals surface area contributed by atoms with Crippen LogP contribution in [-0.2, 0) is 13.0 Å². The van der Waals surface area contributed by atoms with E-state index in [2.05, 4.69) is 34.1 Å². The molecule has 0 atom stereocenters. The zero-order chi connectivity index (χ0) is 18.8. The number of anilines is 2.